The van der Waals surface area contributed by atoms with E-state index in [1.54, 1.807) is 25.3 Å². The third-order valence-electron chi connectivity index (χ3n) is 2.62. The van der Waals surface area contributed by atoms with E-state index in [2.05, 4.69) is 14.9 Å². The molecule has 9 heteroatoms. The van der Waals surface area contributed by atoms with Gasteiger partial charge in [-0.1, -0.05) is 16.8 Å². The molecule has 0 radical (unpaired) electrons. The lowest BCUT2D eigenvalue weighted by Crippen LogP contribution is -2.12. The summed E-state index contributed by atoms with van der Waals surface area (Å²) in [6.07, 6.45) is 1.61. The Labute approximate surface area is 123 Å². The van der Waals surface area contributed by atoms with Gasteiger partial charge in [-0.25, -0.2) is 18.1 Å². The van der Waals surface area contributed by atoms with Gasteiger partial charge >= 0.3 is 0 Å². The molecule has 0 bridgehead atoms. The smallest absolute Gasteiger partial charge is 0.265 e. The van der Waals surface area contributed by atoms with Crippen molar-refractivity contribution in [3.8, 4) is 0 Å². The Morgan fingerprint density at radius 2 is 2.25 bits per heavy atom. The summed E-state index contributed by atoms with van der Waals surface area (Å²) in [6.45, 7) is 1.62. The highest BCUT2D eigenvalue weighted by atomic mass is 35.5. The number of halogens is 1. The number of aromatic nitrogens is 2. The van der Waals surface area contributed by atoms with Gasteiger partial charge < -0.3 is 4.52 Å². The highest BCUT2D eigenvalue weighted by Crippen LogP contribution is 2.31. The lowest BCUT2D eigenvalue weighted by Gasteiger charge is -2.03. The van der Waals surface area contributed by atoms with Crippen LogP contribution in [-0.4, -0.2) is 18.6 Å². The Morgan fingerprint density at radius 1 is 1.45 bits per heavy atom. The van der Waals surface area contributed by atoms with E-state index in [1.165, 1.54) is 16.7 Å². The maximum atomic E-state index is 12.4. The van der Waals surface area contributed by atoms with Gasteiger partial charge in [0.05, 0.1) is 0 Å². The lowest BCUT2D eigenvalue weighted by atomic mass is 10.3. The molecule has 3 aromatic heterocycles. The van der Waals surface area contributed by atoms with Crippen molar-refractivity contribution < 1.29 is 12.9 Å². The quantitative estimate of drug-likeness (QED) is 0.798. The molecule has 0 atom stereocenters. The minimum absolute atomic E-state index is 0.0904. The summed E-state index contributed by atoms with van der Waals surface area (Å²) in [5.41, 5.74) is 0.418. The molecule has 20 heavy (non-hydrogen) atoms. The zero-order valence-electron chi connectivity index (χ0n) is 10.1. The second kappa shape index (κ2) is 4.72. The van der Waals surface area contributed by atoms with Gasteiger partial charge in [-0.15, -0.1) is 11.3 Å². The molecule has 6 nitrogen and oxygen atoms in total. The molecule has 0 aliphatic heterocycles. The van der Waals surface area contributed by atoms with Crippen molar-refractivity contribution in [3.63, 3.8) is 0 Å². The molecular weight excluding hydrogens is 322 g/mol. The van der Waals surface area contributed by atoms with Crippen LogP contribution in [0.3, 0.4) is 0 Å². The van der Waals surface area contributed by atoms with Crippen LogP contribution in [0, 0.1) is 6.92 Å². The van der Waals surface area contributed by atoms with Crippen molar-refractivity contribution in [2.24, 2.45) is 0 Å². The van der Waals surface area contributed by atoms with E-state index in [0.29, 0.717) is 15.9 Å². The predicted molar refractivity (Wildman–Crippen MR) is 76.7 cm³/mol. The molecule has 3 rings (SSSR count). The van der Waals surface area contributed by atoms with E-state index in [1.807, 2.05) is 0 Å². The number of hydrogen-bond acceptors (Lipinski definition) is 6. The Bertz CT molecular complexity index is 885. The van der Waals surface area contributed by atoms with E-state index in [-0.39, 0.29) is 15.8 Å². The first kappa shape index (κ1) is 13.3. The largest absolute Gasteiger partial charge is 0.336 e. The van der Waals surface area contributed by atoms with Crippen molar-refractivity contribution in [3.05, 3.63) is 34.4 Å². The van der Waals surface area contributed by atoms with Crippen molar-refractivity contribution in [2.75, 3.05) is 4.72 Å². The Hall–Kier alpha value is -1.64. The number of rotatable bonds is 3. The number of fused-ring (bicyclic) bond motifs is 1. The van der Waals surface area contributed by atoms with Crippen molar-refractivity contribution in [1.82, 2.24) is 10.1 Å². The summed E-state index contributed by atoms with van der Waals surface area (Å²) in [7, 11) is -3.80. The van der Waals surface area contributed by atoms with Crippen LogP contribution in [0.2, 0.25) is 5.02 Å². The van der Waals surface area contributed by atoms with Crippen LogP contribution >= 0.6 is 22.9 Å². The number of sulfonamides is 1. The number of pyridine rings is 1. The molecule has 0 aliphatic rings. The normalized spacial score (nSPS) is 11.9. The van der Waals surface area contributed by atoms with E-state index < -0.39 is 10.0 Å². The molecule has 0 amide bonds. The molecule has 0 aromatic carbocycles. The van der Waals surface area contributed by atoms with E-state index in [9.17, 15) is 8.42 Å². The summed E-state index contributed by atoms with van der Waals surface area (Å²) in [5.74, 6) is -0.0904. The van der Waals surface area contributed by atoms with Gasteiger partial charge in [0.1, 0.15) is 20.4 Å². The summed E-state index contributed by atoms with van der Waals surface area (Å²) in [6, 6.07) is 3.38. The molecule has 3 aromatic rings. The first-order valence-corrected chi connectivity index (χ1v) is 8.20. The Balaban J connectivity index is 2.06. The van der Waals surface area contributed by atoms with Gasteiger partial charge in [0, 0.05) is 17.0 Å². The van der Waals surface area contributed by atoms with E-state index >= 15 is 0 Å². The lowest BCUT2D eigenvalue weighted by molar-refractivity contribution is 0.430. The van der Waals surface area contributed by atoms with E-state index in [4.69, 9.17) is 16.1 Å². The second-order valence-electron chi connectivity index (χ2n) is 3.97. The Kier molecular flexibility index (Phi) is 3.15. The Morgan fingerprint density at radius 3 is 2.95 bits per heavy atom. The molecule has 3 heterocycles. The first-order chi connectivity index (χ1) is 9.49. The number of hydrogen-bond donors (Lipinski definition) is 1. The number of aryl methyl sites for hydroxylation is 1. The topological polar surface area (TPSA) is 85.1 Å². The summed E-state index contributed by atoms with van der Waals surface area (Å²) in [5, 5.41) is 5.82. The molecule has 0 unspecified atom stereocenters. The van der Waals surface area contributed by atoms with Crippen molar-refractivity contribution >= 4 is 49.1 Å². The SMILES string of the molecule is Cc1noc(NS(=O)(=O)c2csc3ncccc23)c1Cl. The zero-order chi connectivity index (χ0) is 14.3. The molecule has 0 saturated carbocycles. The van der Waals surface area contributed by atoms with Crippen LogP contribution in [0.1, 0.15) is 5.69 Å². The van der Waals surface area contributed by atoms with Crippen molar-refractivity contribution in [2.45, 2.75) is 11.8 Å². The minimum Gasteiger partial charge on any atom is -0.336 e. The number of nitrogens with one attached hydrogen (secondary N) is 1. The fourth-order valence-electron chi connectivity index (χ4n) is 1.65. The molecule has 0 spiro atoms. The van der Waals surface area contributed by atoms with Crippen LogP contribution in [0.4, 0.5) is 5.88 Å². The van der Waals surface area contributed by atoms with Gasteiger partial charge in [0.2, 0.25) is 0 Å². The highest BCUT2D eigenvalue weighted by molar-refractivity contribution is 7.93. The molecule has 1 N–H and O–H groups in total. The van der Waals surface area contributed by atoms with Crippen LogP contribution in [0.5, 0.6) is 0 Å². The van der Waals surface area contributed by atoms with Gasteiger partial charge in [-0.2, -0.15) is 0 Å². The number of nitrogens with zero attached hydrogens (tertiary/aromatic N) is 2. The van der Waals surface area contributed by atoms with Crippen LogP contribution in [-0.2, 0) is 10.0 Å². The molecule has 104 valence electrons. The van der Waals surface area contributed by atoms with Gasteiger partial charge in [-0.05, 0) is 19.1 Å². The highest BCUT2D eigenvalue weighted by Gasteiger charge is 2.23. The number of anilines is 1. The minimum atomic E-state index is -3.80. The van der Waals surface area contributed by atoms with Crippen molar-refractivity contribution in [1.29, 1.82) is 0 Å². The van der Waals surface area contributed by atoms with Crippen LogP contribution in [0.25, 0.3) is 10.2 Å². The molecule has 0 aliphatic carbocycles. The summed E-state index contributed by atoms with van der Waals surface area (Å²) < 4.78 is 31.9. The first-order valence-electron chi connectivity index (χ1n) is 5.46. The predicted octanol–water partition coefficient (Wildman–Crippen LogP) is 3.05. The van der Waals surface area contributed by atoms with Gasteiger partial charge in [-0.3, -0.25) is 0 Å². The average Bonchev–Trinajstić information content (AvgIpc) is 2.98. The second-order valence-corrected chi connectivity index (χ2v) is 6.86. The monoisotopic (exact) mass is 329 g/mol. The standard InChI is InChI=1S/C11H8ClN3O3S2/c1-6-9(12)10(18-14-6)15-20(16,17)8-5-19-11-7(8)3-2-4-13-11/h2-5,15H,1H3. The molecule has 0 fully saturated rings. The van der Waals surface area contributed by atoms with Crippen LogP contribution in [0.15, 0.2) is 33.1 Å². The average molecular weight is 330 g/mol. The van der Waals surface area contributed by atoms with Gasteiger partial charge in [0.25, 0.3) is 15.9 Å². The molecule has 0 saturated heterocycles. The zero-order valence-corrected chi connectivity index (χ0v) is 12.5. The van der Waals surface area contributed by atoms with Gasteiger partial charge in [0.15, 0.2) is 0 Å². The summed E-state index contributed by atoms with van der Waals surface area (Å²) in [4.78, 5) is 4.89. The summed E-state index contributed by atoms with van der Waals surface area (Å²) >= 11 is 7.15. The number of thiophene rings is 1. The fraction of sp³-hybridized carbons (Fsp3) is 0.0909. The fourth-order valence-corrected chi connectivity index (χ4v) is 4.26. The van der Waals surface area contributed by atoms with E-state index in [0.717, 1.165) is 0 Å². The molecular formula is C11H8ClN3O3S2. The maximum absolute atomic E-state index is 12.4. The third kappa shape index (κ3) is 2.15. The maximum Gasteiger partial charge on any atom is 0.265 e. The van der Waals surface area contributed by atoms with Crippen LogP contribution < -0.4 is 4.72 Å². The third-order valence-corrected chi connectivity index (χ3v) is 5.49.